The van der Waals surface area contributed by atoms with Crippen LogP contribution in [0.5, 0.6) is 0 Å². The lowest BCUT2D eigenvalue weighted by atomic mass is 9.89. The molecule has 148 valence electrons. The summed E-state index contributed by atoms with van der Waals surface area (Å²) in [6.45, 7) is 5.02. The van der Waals surface area contributed by atoms with Gasteiger partial charge in [0.2, 0.25) is 9.84 Å². The van der Waals surface area contributed by atoms with E-state index in [0.717, 1.165) is 23.5 Å². The van der Waals surface area contributed by atoms with Gasteiger partial charge in [0.1, 0.15) is 10.3 Å². The molecule has 1 atom stereocenters. The molecule has 1 heterocycles. The molecule has 0 saturated heterocycles. The number of carbonyl (C=O) groups is 1. The van der Waals surface area contributed by atoms with Gasteiger partial charge in [-0.3, -0.25) is 4.79 Å². The maximum Gasteiger partial charge on any atom is 0.416 e. The van der Waals surface area contributed by atoms with E-state index in [1.165, 1.54) is 12.1 Å². The van der Waals surface area contributed by atoms with Crippen molar-refractivity contribution in [3.63, 3.8) is 0 Å². The Labute approximate surface area is 158 Å². The number of aliphatic hydroxyl groups is 1. The number of anilines is 1. The summed E-state index contributed by atoms with van der Waals surface area (Å²) in [5.41, 5.74) is -1.65. The van der Waals surface area contributed by atoms with Crippen LogP contribution in [0, 0.1) is 5.41 Å². The molecule has 0 aliphatic heterocycles. The molecule has 0 saturated carbocycles. The van der Waals surface area contributed by atoms with Crippen LogP contribution in [0.25, 0.3) is 0 Å². The predicted octanol–water partition coefficient (Wildman–Crippen LogP) is 3.95. The highest BCUT2D eigenvalue weighted by Crippen LogP contribution is 2.34. The second kappa shape index (κ2) is 7.25. The first-order chi connectivity index (χ1) is 12.2. The molecule has 2 aromatic rings. The molecule has 5 nitrogen and oxygen atoms in total. The minimum atomic E-state index is -4.56. The number of hydrogen-bond acceptors (Lipinski definition) is 5. The van der Waals surface area contributed by atoms with Crippen LogP contribution in [-0.2, 0) is 20.8 Å². The third-order valence-corrected chi connectivity index (χ3v) is 6.92. The number of halogens is 3. The molecule has 27 heavy (non-hydrogen) atoms. The zero-order chi connectivity index (χ0) is 20.6. The molecule has 1 amide bonds. The van der Waals surface area contributed by atoms with Crippen LogP contribution in [0.15, 0.2) is 45.5 Å². The molecule has 0 fully saturated rings. The predicted molar refractivity (Wildman–Crippen MR) is 95.3 cm³/mol. The van der Waals surface area contributed by atoms with Crippen molar-refractivity contribution < 1.29 is 31.5 Å². The molecule has 0 bridgehead atoms. The SMILES string of the molecule is CC(C)(C)[C@H](O)C(=O)Nc1ccc(S(=O)(=O)c2ccc(C(F)(F)F)cc2)s1. The molecule has 0 aliphatic rings. The number of carbonyl (C=O) groups excluding carboxylic acids is 1. The van der Waals surface area contributed by atoms with E-state index in [4.69, 9.17) is 0 Å². The zero-order valence-corrected chi connectivity index (χ0v) is 16.3. The number of amides is 1. The highest BCUT2D eigenvalue weighted by molar-refractivity contribution is 7.93. The van der Waals surface area contributed by atoms with Gasteiger partial charge in [0.15, 0.2) is 0 Å². The van der Waals surface area contributed by atoms with Gasteiger partial charge in [-0.15, -0.1) is 11.3 Å². The van der Waals surface area contributed by atoms with Crippen molar-refractivity contribution in [2.24, 2.45) is 5.41 Å². The minimum absolute atomic E-state index is 0.136. The van der Waals surface area contributed by atoms with Crippen molar-refractivity contribution in [2.75, 3.05) is 5.32 Å². The normalized spacial score (nSPS) is 14.0. The van der Waals surface area contributed by atoms with Crippen LogP contribution in [0.2, 0.25) is 0 Å². The standard InChI is InChI=1S/C17H18F3NO4S2/c1-16(2,3)14(22)15(23)21-12-8-9-13(26-12)27(24,25)11-6-4-10(5-7-11)17(18,19)20/h4-9,14,22H,1-3H3,(H,21,23)/t14-/m1/s1. The Morgan fingerprint density at radius 3 is 2.11 bits per heavy atom. The van der Waals surface area contributed by atoms with Crippen LogP contribution >= 0.6 is 11.3 Å². The lowest BCUT2D eigenvalue weighted by Crippen LogP contribution is -2.38. The highest BCUT2D eigenvalue weighted by Gasteiger charge is 2.32. The van der Waals surface area contributed by atoms with Crippen molar-refractivity contribution in [3.8, 4) is 0 Å². The molecular formula is C17H18F3NO4S2. The molecular weight excluding hydrogens is 403 g/mol. The van der Waals surface area contributed by atoms with Crippen LogP contribution in [0.1, 0.15) is 26.3 Å². The van der Waals surface area contributed by atoms with E-state index < -0.39 is 39.0 Å². The first-order valence-corrected chi connectivity index (χ1v) is 10.0. The Kier molecular flexibility index (Phi) is 5.74. The summed E-state index contributed by atoms with van der Waals surface area (Å²) in [5.74, 6) is -0.678. The quantitative estimate of drug-likeness (QED) is 0.783. The van der Waals surface area contributed by atoms with E-state index in [9.17, 15) is 31.5 Å². The fraction of sp³-hybridized carbons (Fsp3) is 0.353. The molecule has 0 spiro atoms. The second-order valence-corrected chi connectivity index (χ2v) is 10.2. The summed E-state index contributed by atoms with van der Waals surface area (Å²) in [6, 6.07) is 5.77. The second-order valence-electron chi connectivity index (χ2n) is 6.90. The van der Waals surface area contributed by atoms with E-state index >= 15 is 0 Å². The Morgan fingerprint density at radius 1 is 1.07 bits per heavy atom. The summed E-state index contributed by atoms with van der Waals surface area (Å²) in [6.07, 6.45) is -5.86. The summed E-state index contributed by atoms with van der Waals surface area (Å²) in [5, 5.41) is 12.6. The van der Waals surface area contributed by atoms with Crippen molar-refractivity contribution >= 4 is 32.1 Å². The topological polar surface area (TPSA) is 83.5 Å². The lowest BCUT2D eigenvalue weighted by Gasteiger charge is -2.24. The number of alkyl halides is 3. The first-order valence-electron chi connectivity index (χ1n) is 7.74. The Morgan fingerprint density at radius 2 is 1.63 bits per heavy atom. The summed E-state index contributed by atoms with van der Waals surface area (Å²) in [4.78, 5) is 11.7. The molecule has 0 aliphatic carbocycles. The average molecular weight is 421 g/mol. The molecule has 2 rings (SSSR count). The highest BCUT2D eigenvalue weighted by atomic mass is 32.2. The number of hydrogen-bond donors (Lipinski definition) is 2. The van der Waals surface area contributed by atoms with Crippen molar-refractivity contribution in [2.45, 2.75) is 42.2 Å². The Hall–Kier alpha value is -1.91. The van der Waals surface area contributed by atoms with Gasteiger partial charge in [-0.2, -0.15) is 13.2 Å². The number of benzene rings is 1. The van der Waals surface area contributed by atoms with Gasteiger partial charge < -0.3 is 10.4 Å². The van der Waals surface area contributed by atoms with Gasteiger partial charge >= 0.3 is 6.18 Å². The molecule has 0 radical (unpaired) electrons. The number of thiophene rings is 1. The van der Waals surface area contributed by atoms with E-state index in [0.29, 0.717) is 12.1 Å². The van der Waals surface area contributed by atoms with E-state index in [1.807, 2.05) is 0 Å². The van der Waals surface area contributed by atoms with Gasteiger partial charge in [0, 0.05) is 0 Å². The number of nitrogens with one attached hydrogen (secondary N) is 1. The van der Waals surface area contributed by atoms with Crippen LogP contribution < -0.4 is 5.32 Å². The smallest absolute Gasteiger partial charge is 0.383 e. The summed E-state index contributed by atoms with van der Waals surface area (Å²) < 4.78 is 62.8. The van der Waals surface area contributed by atoms with E-state index in [1.54, 1.807) is 20.8 Å². The summed E-state index contributed by atoms with van der Waals surface area (Å²) >= 11 is 0.748. The van der Waals surface area contributed by atoms with Crippen molar-refractivity contribution in [1.29, 1.82) is 0 Å². The van der Waals surface area contributed by atoms with Crippen molar-refractivity contribution in [1.82, 2.24) is 0 Å². The van der Waals surface area contributed by atoms with E-state index in [-0.39, 0.29) is 14.1 Å². The largest absolute Gasteiger partial charge is 0.416 e. The monoisotopic (exact) mass is 421 g/mol. The third kappa shape index (κ3) is 4.88. The molecule has 0 unspecified atom stereocenters. The third-order valence-electron chi connectivity index (χ3n) is 3.65. The lowest BCUT2D eigenvalue weighted by molar-refractivity contribution is -0.137. The van der Waals surface area contributed by atoms with E-state index in [2.05, 4.69) is 5.32 Å². The molecule has 1 aromatic heterocycles. The maximum absolute atomic E-state index is 12.6. The zero-order valence-electron chi connectivity index (χ0n) is 14.7. The maximum atomic E-state index is 12.6. The van der Waals surface area contributed by atoms with Crippen molar-refractivity contribution in [3.05, 3.63) is 42.0 Å². The molecule has 1 aromatic carbocycles. The molecule has 10 heteroatoms. The van der Waals surface area contributed by atoms with Gasteiger partial charge in [-0.25, -0.2) is 8.42 Å². The van der Waals surface area contributed by atoms with Gasteiger partial charge in [0.05, 0.1) is 15.5 Å². The average Bonchev–Trinajstić information content (AvgIpc) is 3.01. The first kappa shape index (κ1) is 21.4. The number of sulfone groups is 1. The van der Waals surface area contributed by atoms with Gasteiger partial charge in [-0.1, -0.05) is 20.8 Å². The minimum Gasteiger partial charge on any atom is -0.383 e. The van der Waals surface area contributed by atoms with Gasteiger partial charge in [-0.05, 0) is 41.8 Å². The number of aliphatic hydroxyl groups excluding tert-OH is 1. The van der Waals surface area contributed by atoms with Crippen LogP contribution in [0.4, 0.5) is 18.2 Å². The fourth-order valence-electron chi connectivity index (χ4n) is 2.05. The van der Waals surface area contributed by atoms with Gasteiger partial charge in [0.25, 0.3) is 5.91 Å². The fourth-order valence-corrected chi connectivity index (χ4v) is 4.67. The Balaban J connectivity index is 2.23. The van der Waals surface area contributed by atoms with Crippen LogP contribution in [0.3, 0.4) is 0 Å². The summed E-state index contributed by atoms with van der Waals surface area (Å²) in [7, 11) is -4.03. The Bertz CT molecular complexity index is 926. The number of rotatable bonds is 4. The van der Waals surface area contributed by atoms with Crippen LogP contribution in [-0.4, -0.2) is 25.5 Å². The molecule has 2 N–H and O–H groups in total.